The lowest BCUT2D eigenvalue weighted by molar-refractivity contribution is 0.0995. The molecule has 1 nitrogen and oxygen atoms in total. The van der Waals surface area contributed by atoms with Crippen molar-refractivity contribution in [2.24, 2.45) is 0 Å². The van der Waals surface area contributed by atoms with Gasteiger partial charge < -0.3 is 0 Å². The Hall–Kier alpha value is -0.640. The van der Waals surface area contributed by atoms with Gasteiger partial charge in [-0.15, -0.1) is 11.3 Å². The summed E-state index contributed by atoms with van der Waals surface area (Å²) < 4.78 is 0. The predicted octanol–water partition coefficient (Wildman–Crippen LogP) is 4.72. The number of Topliss-reactive ketones (excluding diaryl/α,β-unsaturated/α-hetero) is 1. The second-order valence-corrected chi connectivity index (χ2v) is 5.56. The molecule has 0 aliphatic rings. The molecular formula is C12H8BrClOS. The van der Waals surface area contributed by atoms with Crippen molar-refractivity contribution >= 4 is 44.7 Å². The van der Waals surface area contributed by atoms with Gasteiger partial charge in [0.05, 0.1) is 4.88 Å². The van der Waals surface area contributed by atoms with Gasteiger partial charge in [-0.2, -0.15) is 0 Å². The highest BCUT2D eigenvalue weighted by molar-refractivity contribution is 9.09. The van der Waals surface area contributed by atoms with Crippen molar-refractivity contribution in [3.05, 3.63) is 57.2 Å². The zero-order valence-corrected chi connectivity index (χ0v) is 11.3. The van der Waals surface area contributed by atoms with Gasteiger partial charge >= 0.3 is 0 Å². The van der Waals surface area contributed by atoms with Gasteiger partial charge in [-0.25, -0.2) is 0 Å². The number of hydrogen-bond donors (Lipinski definition) is 0. The zero-order chi connectivity index (χ0) is 11.5. The summed E-state index contributed by atoms with van der Waals surface area (Å²) in [5.41, 5.74) is 0.919. The van der Waals surface area contributed by atoms with Gasteiger partial charge in [-0.3, -0.25) is 4.79 Å². The molecule has 0 N–H and O–H groups in total. The van der Waals surface area contributed by atoms with E-state index in [-0.39, 0.29) is 10.6 Å². The Morgan fingerprint density at radius 3 is 2.50 bits per heavy atom. The summed E-state index contributed by atoms with van der Waals surface area (Å²) in [7, 11) is 0. The molecule has 2 rings (SSSR count). The fraction of sp³-hybridized carbons (Fsp3) is 0.0833. The summed E-state index contributed by atoms with van der Waals surface area (Å²) >= 11 is 10.7. The number of hydrogen-bond acceptors (Lipinski definition) is 2. The lowest BCUT2D eigenvalue weighted by Crippen LogP contribution is -2.04. The first kappa shape index (κ1) is 11.8. The van der Waals surface area contributed by atoms with Crippen LogP contribution in [0.5, 0.6) is 0 Å². The Kier molecular flexibility index (Phi) is 3.79. The molecule has 1 heterocycles. The number of benzene rings is 1. The number of alkyl halides is 1. The maximum absolute atomic E-state index is 12.0. The molecule has 0 aliphatic carbocycles. The SMILES string of the molecule is O=C(c1cccs1)C(Br)c1ccc(Cl)cc1. The second-order valence-electron chi connectivity index (χ2n) is 3.26. The van der Waals surface area contributed by atoms with Crippen molar-refractivity contribution in [3.63, 3.8) is 0 Å². The van der Waals surface area contributed by atoms with Crippen molar-refractivity contribution in [1.29, 1.82) is 0 Å². The highest BCUT2D eigenvalue weighted by Gasteiger charge is 2.19. The lowest BCUT2D eigenvalue weighted by atomic mass is 10.1. The van der Waals surface area contributed by atoms with E-state index in [0.717, 1.165) is 10.4 Å². The van der Waals surface area contributed by atoms with Crippen LogP contribution in [0.15, 0.2) is 41.8 Å². The van der Waals surface area contributed by atoms with Crippen molar-refractivity contribution in [3.8, 4) is 0 Å². The Bertz CT molecular complexity index is 478. The van der Waals surface area contributed by atoms with E-state index in [1.807, 2.05) is 29.6 Å². The summed E-state index contributed by atoms with van der Waals surface area (Å²) in [5, 5.41) is 2.57. The van der Waals surface area contributed by atoms with Crippen LogP contribution in [0.25, 0.3) is 0 Å². The van der Waals surface area contributed by atoms with Crippen molar-refractivity contribution < 1.29 is 4.79 Å². The number of rotatable bonds is 3. The maximum Gasteiger partial charge on any atom is 0.190 e. The molecule has 4 heteroatoms. The monoisotopic (exact) mass is 314 g/mol. The van der Waals surface area contributed by atoms with Gasteiger partial charge in [0.2, 0.25) is 0 Å². The molecule has 0 aliphatic heterocycles. The molecule has 0 radical (unpaired) electrons. The highest BCUT2D eigenvalue weighted by Crippen LogP contribution is 2.29. The second kappa shape index (κ2) is 5.13. The molecule has 1 unspecified atom stereocenters. The van der Waals surface area contributed by atoms with E-state index in [4.69, 9.17) is 11.6 Å². The van der Waals surface area contributed by atoms with E-state index < -0.39 is 0 Å². The molecule has 0 amide bonds. The molecule has 16 heavy (non-hydrogen) atoms. The Morgan fingerprint density at radius 1 is 1.25 bits per heavy atom. The number of halogens is 2. The third-order valence-corrected chi connectivity index (χ3v) is 4.24. The molecule has 2 aromatic rings. The van der Waals surface area contributed by atoms with Gasteiger partial charge in [0, 0.05) is 5.02 Å². The van der Waals surface area contributed by atoms with Crippen LogP contribution in [0.3, 0.4) is 0 Å². The van der Waals surface area contributed by atoms with Crippen LogP contribution in [0, 0.1) is 0 Å². The first-order valence-corrected chi connectivity index (χ1v) is 6.83. The average molecular weight is 316 g/mol. The van der Waals surface area contributed by atoms with Crippen molar-refractivity contribution in [2.45, 2.75) is 4.83 Å². The fourth-order valence-electron chi connectivity index (χ4n) is 1.33. The molecule has 1 atom stereocenters. The summed E-state index contributed by atoms with van der Waals surface area (Å²) in [5.74, 6) is 0.0809. The Morgan fingerprint density at radius 2 is 1.94 bits per heavy atom. The standard InChI is InChI=1S/C12H8BrClOS/c13-11(8-3-5-9(14)6-4-8)12(15)10-2-1-7-16-10/h1-7,11H. The molecule has 82 valence electrons. The topological polar surface area (TPSA) is 17.1 Å². The van der Waals surface area contributed by atoms with Crippen LogP contribution >= 0.6 is 38.9 Å². The summed E-state index contributed by atoms with van der Waals surface area (Å²) in [6, 6.07) is 11.0. The molecule has 0 saturated carbocycles. The van der Waals surface area contributed by atoms with Crippen LogP contribution in [0.1, 0.15) is 20.1 Å². The highest BCUT2D eigenvalue weighted by atomic mass is 79.9. The van der Waals surface area contributed by atoms with Gasteiger partial charge in [0.25, 0.3) is 0 Å². The van der Waals surface area contributed by atoms with Gasteiger partial charge in [0.1, 0.15) is 4.83 Å². The maximum atomic E-state index is 12.0. The van der Waals surface area contributed by atoms with E-state index in [1.165, 1.54) is 11.3 Å². The summed E-state index contributed by atoms with van der Waals surface area (Å²) in [6.07, 6.45) is 0. The smallest absolute Gasteiger partial charge is 0.190 e. The Balaban J connectivity index is 2.22. The van der Waals surface area contributed by atoms with Crippen LogP contribution < -0.4 is 0 Å². The summed E-state index contributed by atoms with van der Waals surface area (Å²) in [6.45, 7) is 0. The molecule has 1 aromatic heterocycles. The Labute approximate surface area is 111 Å². The minimum Gasteiger partial charge on any atom is -0.292 e. The molecule has 0 bridgehead atoms. The minimum atomic E-state index is -0.302. The van der Waals surface area contributed by atoms with Gasteiger partial charge in [-0.05, 0) is 29.1 Å². The molecule has 0 spiro atoms. The van der Waals surface area contributed by atoms with Gasteiger partial charge in [-0.1, -0.05) is 45.7 Å². The molecule has 0 saturated heterocycles. The number of thiophene rings is 1. The van der Waals surface area contributed by atoms with E-state index in [0.29, 0.717) is 5.02 Å². The van der Waals surface area contributed by atoms with E-state index in [2.05, 4.69) is 15.9 Å². The van der Waals surface area contributed by atoms with Gasteiger partial charge in [0.15, 0.2) is 5.78 Å². The third kappa shape index (κ3) is 2.54. The third-order valence-electron chi connectivity index (χ3n) is 2.16. The number of ketones is 1. The first-order valence-electron chi connectivity index (χ1n) is 4.66. The van der Waals surface area contributed by atoms with E-state index in [9.17, 15) is 4.79 Å². The largest absolute Gasteiger partial charge is 0.292 e. The molecule has 0 fully saturated rings. The lowest BCUT2D eigenvalue weighted by Gasteiger charge is -2.07. The van der Waals surface area contributed by atoms with E-state index in [1.54, 1.807) is 12.1 Å². The van der Waals surface area contributed by atoms with Crippen molar-refractivity contribution in [2.75, 3.05) is 0 Å². The average Bonchev–Trinajstić information content (AvgIpc) is 2.81. The minimum absolute atomic E-state index is 0.0809. The number of carbonyl (C=O) groups excluding carboxylic acids is 1. The quantitative estimate of drug-likeness (QED) is 0.591. The molecule has 1 aromatic carbocycles. The van der Waals surface area contributed by atoms with E-state index >= 15 is 0 Å². The number of carbonyl (C=O) groups is 1. The predicted molar refractivity (Wildman–Crippen MR) is 71.8 cm³/mol. The van der Waals surface area contributed by atoms with Crippen LogP contribution in [0.4, 0.5) is 0 Å². The van der Waals surface area contributed by atoms with Crippen LogP contribution in [-0.2, 0) is 0 Å². The normalized spacial score (nSPS) is 12.4. The first-order chi connectivity index (χ1) is 7.68. The van der Waals surface area contributed by atoms with Crippen molar-refractivity contribution in [1.82, 2.24) is 0 Å². The fourth-order valence-corrected chi connectivity index (χ4v) is 2.85. The van der Waals surface area contributed by atoms with Crippen LogP contribution in [-0.4, -0.2) is 5.78 Å². The molecular weight excluding hydrogens is 308 g/mol. The summed E-state index contributed by atoms with van der Waals surface area (Å²) in [4.78, 5) is 12.5. The zero-order valence-electron chi connectivity index (χ0n) is 8.19. The van der Waals surface area contributed by atoms with Crippen LogP contribution in [0.2, 0.25) is 5.02 Å².